The van der Waals surface area contributed by atoms with Crippen LogP contribution in [0.2, 0.25) is 0 Å². The normalized spacial score (nSPS) is 27.2. The molecular weight excluding hydrogens is 186 g/mol. The Morgan fingerprint density at radius 1 is 1.36 bits per heavy atom. The van der Waals surface area contributed by atoms with Crippen molar-refractivity contribution in [1.29, 1.82) is 0 Å². The summed E-state index contributed by atoms with van der Waals surface area (Å²) in [5.74, 6) is 0.0198. The number of hydrogen-bond donors (Lipinski definition) is 0. The monoisotopic (exact) mass is 202 g/mol. The van der Waals surface area contributed by atoms with Crippen LogP contribution in [0.4, 0.5) is 8.78 Å². The van der Waals surface area contributed by atoms with Crippen LogP contribution in [0.25, 0.3) is 0 Å². The molecule has 1 rings (SSSR count). The number of ether oxygens (including phenoxy) is 1. The molecule has 0 spiro atoms. The summed E-state index contributed by atoms with van der Waals surface area (Å²) in [6, 6.07) is 0. The Hall–Kier alpha value is -0.700. The number of allylic oxidation sites excluding steroid dienone is 2. The molecule has 3 heteroatoms. The minimum atomic E-state index is -2.42. The maximum atomic E-state index is 12.6. The number of halogens is 2. The van der Waals surface area contributed by atoms with Crippen molar-refractivity contribution in [2.24, 2.45) is 5.92 Å². The average Bonchev–Trinajstić information content (AvgIpc) is 2.07. The fourth-order valence-electron chi connectivity index (χ4n) is 1.53. The first-order valence-electron chi connectivity index (χ1n) is 4.84. The Morgan fingerprint density at radius 2 is 2.00 bits per heavy atom. The first kappa shape index (κ1) is 11.4. The lowest BCUT2D eigenvalue weighted by molar-refractivity contribution is -0.00723. The van der Waals surface area contributed by atoms with Crippen LogP contribution >= 0.6 is 0 Å². The van der Waals surface area contributed by atoms with Gasteiger partial charge in [0.2, 0.25) is 0 Å². The van der Waals surface area contributed by atoms with E-state index in [1.807, 2.05) is 26.8 Å². The van der Waals surface area contributed by atoms with Crippen molar-refractivity contribution < 1.29 is 13.5 Å². The van der Waals surface area contributed by atoms with Crippen molar-refractivity contribution in [1.82, 2.24) is 0 Å². The van der Waals surface area contributed by atoms with E-state index in [4.69, 9.17) is 4.74 Å². The lowest BCUT2D eigenvalue weighted by Gasteiger charge is -2.28. The minimum Gasteiger partial charge on any atom is -0.370 e. The number of rotatable bonds is 3. The Bertz CT molecular complexity index is 244. The van der Waals surface area contributed by atoms with Gasteiger partial charge < -0.3 is 4.74 Å². The quantitative estimate of drug-likeness (QED) is 0.683. The molecule has 0 radical (unpaired) electrons. The SMILES string of the molecule is CC(C)OC1C(C(F)F)=CC=CC1C. The van der Waals surface area contributed by atoms with Gasteiger partial charge in [0.05, 0.1) is 12.2 Å². The summed E-state index contributed by atoms with van der Waals surface area (Å²) < 4.78 is 30.7. The summed E-state index contributed by atoms with van der Waals surface area (Å²) in [5, 5.41) is 0. The largest absolute Gasteiger partial charge is 0.370 e. The molecule has 0 aromatic heterocycles. The van der Waals surface area contributed by atoms with Gasteiger partial charge in [-0.05, 0) is 13.8 Å². The summed E-state index contributed by atoms with van der Waals surface area (Å²) in [6.45, 7) is 5.60. The standard InChI is InChI=1S/C11H16F2O/c1-7(2)14-10-8(3)5-4-6-9(10)11(12)13/h4-8,10-11H,1-3H3. The summed E-state index contributed by atoms with van der Waals surface area (Å²) in [6.07, 6.45) is 2.09. The molecule has 80 valence electrons. The third-order valence-corrected chi connectivity index (χ3v) is 2.18. The van der Waals surface area contributed by atoms with Crippen molar-refractivity contribution in [2.75, 3.05) is 0 Å². The molecule has 0 N–H and O–H groups in total. The maximum absolute atomic E-state index is 12.6. The van der Waals surface area contributed by atoms with Crippen molar-refractivity contribution in [3.8, 4) is 0 Å². The highest BCUT2D eigenvalue weighted by Gasteiger charge is 2.29. The Labute approximate surface area is 83.4 Å². The summed E-state index contributed by atoms with van der Waals surface area (Å²) in [5.41, 5.74) is 0.0914. The molecule has 0 aliphatic heterocycles. The van der Waals surface area contributed by atoms with Crippen LogP contribution < -0.4 is 0 Å². The molecule has 2 atom stereocenters. The molecule has 1 aliphatic rings. The molecule has 14 heavy (non-hydrogen) atoms. The van der Waals surface area contributed by atoms with E-state index in [2.05, 4.69) is 0 Å². The Morgan fingerprint density at radius 3 is 2.50 bits per heavy atom. The summed E-state index contributed by atoms with van der Waals surface area (Å²) >= 11 is 0. The first-order valence-corrected chi connectivity index (χ1v) is 4.84. The van der Waals surface area contributed by atoms with Crippen LogP contribution in [0, 0.1) is 5.92 Å². The zero-order valence-corrected chi connectivity index (χ0v) is 8.71. The van der Waals surface area contributed by atoms with E-state index in [9.17, 15) is 8.78 Å². The van der Waals surface area contributed by atoms with E-state index in [0.29, 0.717) is 0 Å². The van der Waals surface area contributed by atoms with Crippen LogP contribution in [0.5, 0.6) is 0 Å². The molecule has 0 fully saturated rings. The highest BCUT2D eigenvalue weighted by atomic mass is 19.3. The molecule has 0 saturated heterocycles. The lowest BCUT2D eigenvalue weighted by Crippen LogP contribution is -2.30. The predicted octanol–water partition coefficient (Wildman–Crippen LogP) is 3.18. The van der Waals surface area contributed by atoms with Gasteiger partial charge in [0, 0.05) is 11.5 Å². The van der Waals surface area contributed by atoms with Crippen LogP contribution in [0.15, 0.2) is 23.8 Å². The number of alkyl halides is 2. The van der Waals surface area contributed by atoms with E-state index < -0.39 is 12.5 Å². The van der Waals surface area contributed by atoms with Gasteiger partial charge in [-0.2, -0.15) is 0 Å². The molecule has 1 nitrogen and oxygen atoms in total. The molecule has 2 unspecified atom stereocenters. The van der Waals surface area contributed by atoms with E-state index in [1.54, 1.807) is 6.08 Å². The van der Waals surface area contributed by atoms with Crippen LogP contribution in [0.1, 0.15) is 20.8 Å². The van der Waals surface area contributed by atoms with Crippen molar-refractivity contribution >= 4 is 0 Å². The second kappa shape index (κ2) is 4.69. The van der Waals surface area contributed by atoms with E-state index in [-0.39, 0.29) is 17.6 Å². The van der Waals surface area contributed by atoms with Crippen molar-refractivity contribution in [2.45, 2.75) is 39.4 Å². The lowest BCUT2D eigenvalue weighted by atomic mass is 9.92. The van der Waals surface area contributed by atoms with Crippen molar-refractivity contribution in [3.63, 3.8) is 0 Å². The predicted molar refractivity (Wildman–Crippen MR) is 52.4 cm³/mol. The molecule has 0 bridgehead atoms. The van der Waals surface area contributed by atoms with E-state index in [0.717, 1.165) is 0 Å². The summed E-state index contributed by atoms with van der Waals surface area (Å²) in [7, 11) is 0. The molecule has 0 aromatic rings. The topological polar surface area (TPSA) is 9.23 Å². The van der Waals surface area contributed by atoms with Gasteiger partial charge in [0.1, 0.15) is 0 Å². The van der Waals surface area contributed by atoms with Gasteiger partial charge in [0.25, 0.3) is 6.43 Å². The summed E-state index contributed by atoms with van der Waals surface area (Å²) in [4.78, 5) is 0. The van der Waals surface area contributed by atoms with E-state index >= 15 is 0 Å². The number of hydrogen-bond acceptors (Lipinski definition) is 1. The van der Waals surface area contributed by atoms with Gasteiger partial charge in [-0.25, -0.2) is 8.78 Å². The molecule has 0 aromatic carbocycles. The van der Waals surface area contributed by atoms with Crippen molar-refractivity contribution in [3.05, 3.63) is 23.8 Å². The smallest absolute Gasteiger partial charge is 0.262 e. The Kier molecular flexibility index (Phi) is 3.81. The molecule has 0 amide bonds. The fourth-order valence-corrected chi connectivity index (χ4v) is 1.53. The van der Waals surface area contributed by atoms with Gasteiger partial charge in [-0.15, -0.1) is 0 Å². The molecule has 0 heterocycles. The molecule has 1 aliphatic carbocycles. The van der Waals surface area contributed by atoms with Crippen LogP contribution in [-0.2, 0) is 4.74 Å². The van der Waals surface area contributed by atoms with E-state index in [1.165, 1.54) is 6.08 Å². The third-order valence-electron chi connectivity index (χ3n) is 2.18. The highest BCUT2D eigenvalue weighted by Crippen LogP contribution is 2.27. The fraction of sp³-hybridized carbons (Fsp3) is 0.636. The molecule has 0 saturated carbocycles. The first-order chi connectivity index (χ1) is 6.52. The zero-order chi connectivity index (χ0) is 10.7. The third kappa shape index (κ3) is 2.64. The van der Waals surface area contributed by atoms with Gasteiger partial charge >= 0.3 is 0 Å². The second-order valence-corrected chi connectivity index (χ2v) is 3.82. The van der Waals surface area contributed by atoms with Crippen LogP contribution in [-0.4, -0.2) is 18.6 Å². The highest BCUT2D eigenvalue weighted by molar-refractivity contribution is 5.26. The maximum Gasteiger partial charge on any atom is 0.262 e. The minimum absolute atomic E-state index is 0.0198. The van der Waals surface area contributed by atoms with Gasteiger partial charge in [-0.1, -0.05) is 25.2 Å². The second-order valence-electron chi connectivity index (χ2n) is 3.82. The zero-order valence-electron chi connectivity index (χ0n) is 8.71. The van der Waals surface area contributed by atoms with Gasteiger partial charge in [0.15, 0.2) is 0 Å². The average molecular weight is 202 g/mol. The van der Waals surface area contributed by atoms with Gasteiger partial charge in [-0.3, -0.25) is 0 Å². The Balaban J connectivity index is 2.77. The molecular formula is C11H16F2O. The van der Waals surface area contributed by atoms with Crippen LogP contribution in [0.3, 0.4) is 0 Å².